The zero-order valence-corrected chi connectivity index (χ0v) is 8.86. The molecule has 82 valence electrons. The Balaban J connectivity index is 2.40. The van der Waals surface area contributed by atoms with Gasteiger partial charge in [0, 0.05) is 12.0 Å². The van der Waals surface area contributed by atoms with E-state index in [0.29, 0.717) is 17.4 Å². The van der Waals surface area contributed by atoms with Crippen LogP contribution in [0.3, 0.4) is 0 Å². The fourth-order valence-electron chi connectivity index (χ4n) is 1.73. The topological polar surface area (TPSA) is 64.7 Å². The summed E-state index contributed by atoms with van der Waals surface area (Å²) < 4.78 is 10.1. The first-order valence-corrected chi connectivity index (χ1v) is 4.87. The molecule has 2 unspecified atom stereocenters. The highest BCUT2D eigenvalue weighted by molar-refractivity contribution is 5.54. The number of ether oxygens (including phenoxy) is 2. The van der Waals surface area contributed by atoms with Crippen LogP contribution in [0.5, 0.6) is 17.2 Å². The fraction of sp³-hybridized carbons (Fsp3) is 0.455. The minimum absolute atomic E-state index is 0.0398. The van der Waals surface area contributed by atoms with Gasteiger partial charge in [0.05, 0.1) is 14.2 Å². The average molecular weight is 209 g/mol. The highest BCUT2D eigenvalue weighted by Crippen LogP contribution is 2.45. The van der Waals surface area contributed by atoms with Gasteiger partial charge in [-0.3, -0.25) is 0 Å². The summed E-state index contributed by atoms with van der Waals surface area (Å²) in [6.45, 7) is 0. The molecular formula is C11H15NO3. The molecule has 0 amide bonds. The van der Waals surface area contributed by atoms with E-state index in [1.165, 1.54) is 14.2 Å². The van der Waals surface area contributed by atoms with Crippen LogP contribution in [-0.2, 0) is 0 Å². The fourth-order valence-corrected chi connectivity index (χ4v) is 1.73. The van der Waals surface area contributed by atoms with Gasteiger partial charge in [0.1, 0.15) is 0 Å². The van der Waals surface area contributed by atoms with Gasteiger partial charge in [-0.25, -0.2) is 0 Å². The van der Waals surface area contributed by atoms with Crippen LogP contribution in [0.15, 0.2) is 12.1 Å². The van der Waals surface area contributed by atoms with Crippen molar-refractivity contribution >= 4 is 0 Å². The molecule has 1 aliphatic carbocycles. The van der Waals surface area contributed by atoms with Crippen molar-refractivity contribution in [3.8, 4) is 17.2 Å². The molecule has 1 aliphatic rings. The number of benzene rings is 1. The van der Waals surface area contributed by atoms with Crippen molar-refractivity contribution in [3.63, 3.8) is 0 Å². The maximum atomic E-state index is 9.70. The van der Waals surface area contributed by atoms with Crippen LogP contribution < -0.4 is 15.2 Å². The molecule has 1 aromatic rings. The summed E-state index contributed by atoms with van der Waals surface area (Å²) in [5, 5.41) is 9.70. The molecule has 2 atom stereocenters. The van der Waals surface area contributed by atoms with Crippen LogP contribution in [0.2, 0.25) is 0 Å². The van der Waals surface area contributed by atoms with Crippen LogP contribution >= 0.6 is 0 Å². The van der Waals surface area contributed by atoms with Gasteiger partial charge in [-0.1, -0.05) is 0 Å². The Labute approximate surface area is 88.6 Å². The molecular weight excluding hydrogens is 194 g/mol. The molecule has 0 aromatic heterocycles. The highest BCUT2D eigenvalue weighted by atomic mass is 16.5. The summed E-state index contributed by atoms with van der Waals surface area (Å²) in [5.41, 5.74) is 6.84. The van der Waals surface area contributed by atoms with Gasteiger partial charge in [0.15, 0.2) is 11.5 Å². The molecule has 0 aliphatic heterocycles. The van der Waals surface area contributed by atoms with Gasteiger partial charge in [-0.2, -0.15) is 0 Å². The van der Waals surface area contributed by atoms with Crippen molar-refractivity contribution in [2.45, 2.75) is 18.4 Å². The van der Waals surface area contributed by atoms with E-state index in [1.54, 1.807) is 0 Å². The summed E-state index contributed by atoms with van der Waals surface area (Å²) in [5.74, 6) is 1.28. The van der Waals surface area contributed by atoms with Crippen LogP contribution in [0.1, 0.15) is 17.9 Å². The number of hydrogen-bond acceptors (Lipinski definition) is 4. The van der Waals surface area contributed by atoms with Crippen molar-refractivity contribution in [2.24, 2.45) is 5.73 Å². The lowest BCUT2D eigenvalue weighted by atomic mass is 10.1. The molecule has 15 heavy (non-hydrogen) atoms. The van der Waals surface area contributed by atoms with E-state index in [1.807, 2.05) is 12.1 Å². The Morgan fingerprint density at radius 2 is 1.73 bits per heavy atom. The van der Waals surface area contributed by atoms with Crippen LogP contribution in [0.4, 0.5) is 0 Å². The smallest absolute Gasteiger partial charge is 0.200 e. The molecule has 0 bridgehead atoms. The van der Waals surface area contributed by atoms with Gasteiger partial charge < -0.3 is 20.3 Å². The molecule has 4 heteroatoms. The molecule has 3 N–H and O–H groups in total. The third-order valence-corrected chi connectivity index (χ3v) is 2.77. The third kappa shape index (κ3) is 1.72. The highest BCUT2D eigenvalue weighted by Gasteiger charge is 2.35. The Bertz CT molecular complexity index is 353. The van der Waals surface area contributed by atoms with E-state index in [0.717, 1.165) is 12.0 Å². The second kappa shape index (κ2) is 3.62. The third-order valence-electron chi connectivity index (χ3n) is 2.77. The number of rotatable bonds is 3. The minimum Gasteiger partial charge on any atom is -0.502 e. The van der Waals surface area contributed by atoms with Gasteiger partial charge in [-0.05, 0) is 24.1 Å². The van der Waals surface area contributed by atoms with E-state index in [9.17, 15) is 5.11 Å². The minimum atomic E-state index is 0.0398. The zero-order valence-electron chi connectivity index (χ0n) is 8.86. The van der Waals surface area contributed by atoms with E-state index >= 15 is 0 Å². The number of hydrogen-bond donors (Lipinski definition) is 2. The van der Waals surface area contributed by atoms with Crippen molar-refractivity contribution < 1.29 is 14.6 Å². The number of phenols is 1. The van der Waals surface area contributed by atoms with E-state index in [-0.39, 0.29) is 11.8 Å². The van der Waals surface area contributed by atoms with Crippen LogP contribution in [0.25, 0.3) is 0 Å². The molecule has 1 fully saturated rings. The van der Waals surface area contributed by atoms with Crippen molar-refractivity contribution in [1.29, 1.82) is 0 Å². The van der Waals surface area contributed by atoms with Crippen molar-refractivity contribution in [1.82, 2.24) is 0 Å². The maximum absolute atomic E-state index is 9.70. The van der Waals surface area contributed by atoms with Gasteiger partial charge >= 0.3 is 0 Å². The lowest BCUT2D eigenvalue weighted by molar-refractivity contribution is 0.339. The van der Waals surface area contributed by atoms with Gasteiger partial charge in [0.25, 0.3) is 0 Å². The van der Waals surface area contributed by atoms with Crippen molar-refractivity contribution in [3.05, 3.63) is 17.7 Å². The number of nitrogens with two attached hydrogens (primary N) is 1. The standard InChI is InChI=1S/C11H15NO3/c1-14-9-3-6(7-5-8(7)12)4-10(15-2)11(9)13/h3-4,7-8,13H,5,12H2,1-2H3. The zero-order chi connectivity index (χ0) is 11.0. The maximum Gasteiger partial charge on any atom is 0.200 e. The van der Waals surface area contributed by atoms with E-state index < -0.39 is 0 Å². The van der Waals surface area contributed by atoms with Crippen molar-refractivity contribution in [2.75, 3.05) is 14.2 Å². The predicted molar refractivity (Wildman–Crippen MR) is 56.5 cm³/mol. The monoisotopic (exact) mass is 209 g/mol. The first-order valence-electron chi connectivity index (χ1n) is 4.87. The second-order valence-electron chi connectivity index (χ2n) is 3.78. The molecule has 4 nitrogen and oxygen atoms in total. The van der Waals surface area contributed by atoms with E-state index in [4.69, 9.17) is 15.2 Å². The Hall–Kier alpha value is -1.42. The molecule has 0 heterocycles. The second-order valence-corrected chi connectivity index (χ2v) is 3.78. The molecule has 1 saturated carbocycles. The molecule has 0 saturated heterocycles. The SMILES string of the molecule is COc1cc(C2CC2N)cc(OC)c1O. The Kier molecular flexibility index (Phi) is 2.44. The van der Waals surface area contributed by atoms with Gasteiger partial charge in [-0.15, -0.1) is 0 Å². The Morgan fingerprint density at radius 3 is 2.07 bits per heavy atom. The van der Waals surface area contributed by atoms with E-state index in [2.05, 4.69) is 0 Å². The number of aromatic hydroxyl groups is 1. The summed E-state index contributed by atoms with van der Waals surface area (Å²) in [6, 6.07) is 3.86. The summed E-state index contributed by atoms with van der Waals surface area (Å²) in [4.78, 5) is 0. The predicted octanol–water partition coefficient (Wildman–Crippen LogP) is 1.22. The number of phenolic OH excluding ortho intramolecular Hbond substituents is 1. The first-order chi connectivity index (χ1) is 7.17. The lowest BCUT2D eigenvalue weighted by Crippen LogP contribution is -2.01. The largest absolute Gasteiger partial charge is 0.502 e. The molecule has 0 radical (unpaired) electrons. The lowest BCUT2D eigenvalue weighted by Gasteiger charge is -2.10. The molecule has 1 aromatic carbocycles. The first kappa shape index (κ1) is 10.1. The number of methoxy groups -OCH3 is 2. The van der Waals surface area contributed by atoms with Crippen LogP contribution in [-0.4, -0.2) is 25.4 Å². The normalized spacial score (nSPS) is 23.7. The summed E-state index contributed by atoms with van der Waals surface area (Å²) in [7, 11) is 3.04. The average Bonchev–Trinajstić information content (AvgIpc) is 2.96. The summed E-state index contributed by atoms with van der Waals surface area (Å²) in [6.07, 6.45) is 0.983. The van der Waals surface area contributed by atoms with Crippen LogP contribution in [0, 0.1) is 0 Å². The molecule has 0 spiro atoms. The summed E-state index contributed by atoms with van der Waals surface area (Å²) >= 11 is 0. The van der Waals surface area contributed by atoms with Gasteiger partial charge in [0.2, 0.25) is 5.75 Å². The quantitative estimate of drug-likeness (QED) is 0.785. The molecule has 2 rings (SSSR count). The Morgan fingerprint density at radius 1 is 1.27 bits per heavy atom.